The zero-order valence-corrected chi connectivity index (χ0v) is 15.5. The van der Waals surface area contributed by atoms with Crippen LogP contribution in [0.1, 0.15) is 47.1 Å². The van der Waals surface area contributed by atoms with Gasteiger partial charge in [-0.2, -0.15) is 0 Å². The molecule has 0 aromatic heterocycles. The van der Waals surface area contributed by atoms with E-state index in [9.17, 15) is 0 Å². The Morgan fingerprint density at radius 2 is 1.36 bits per heavy atom. The predicted molar refractivity (Wildman–Crippen MR) is 103 cm³/mol. The number of hydrogen-bond donors (Lipinski definition) is 0. The first-order valence-electron chi connectivity index (χ1n) is 8.67. The Balaban J connectivity index is 0.00000102. The fourth-order valence-corrected chi connectivity index (χ4v) is 2.37. The van der Waals surface area contributed by atoms with E-state index in [0.717, 1.165) is 13.1 Å². The average molecular weight is 300 g/mol. The van der Waals surface area contributed by atoms with Gasteiger partial charge in [-0.25, -0.2) is 0 Å². The van der Waals surface area contributed by atoms with Crippen molar-refractivity contribution < 1.29 is 0 Å². The van der Waals surface area contributed by atoms with Crippen LogP contribution < -0.4 is 4.90 Å². The molecule has 0 heterocycles. The molecule has 122 valence electrons. The molecule has 0 unspecified atom stereocenters. The van der Waals surface area contributed by atoms with Crippen LogP contribution in [0.25, 0.3) is 11.1 Å². The van der Waals surface area contributed by atoms with Crippen LogP contribution in [-0.4, -0.2) is 13.1 Å². The van der Waals surface area contributed by atoms with E-state index in [4.69, 9.17) is 0 Å². The van der Waals surface area contributed by atoms with Crippen LogP contribution in [0.4, 0.5) is 5.69 Å². The summed E-state index contributed by atoms with van der Waals surface area (Å²) in [5, 5.41) is 0. The van der Waals surface area contributed by atoms with Crippen molar-refractivity contribution in [2.45, 2.75) is 48.5 Å². The van der Waals surface area contributed by atoms with Gasteiger partial charge in [-0.3, -0.25) is 0 Å². The van der Waals surface area contributed by atoms with E-state index >= 15 is 0 Å². The highest BCUT2D eigenvalue weighted by Gasteiger charge is 2.09. The van der Waals surface area contributed by atoms with E-state index in [1.165, 1.54) is 22.4 Å². The Hall–Kier alpha value is -1.76. The van der Waals surface area contributed by atoms with Gasteiger partial charge in [-0.1, -0.05) is 75.7 Å². The maximum atomic E-state index is 2.40. The van der Waals surface area contributed by atoms with Crippen molar-refractivity contribution in [3.05, 3.63) is 54.1 Å². The second kappa shape index (κ2) is 11.9. The van der Waals surface area contributed by atoms with Gasteiger partial charge in [-0.05, 0) is 32.4 Å². The lowest BCUT2D eigenvalue weighted by atomic mass is 10.0. The molecule has 1 heteroatoms. The molecule has 2 aromatic carbocycles. The second-order valence-electron chi connectivity index (χ2n) is 4.56. The Kier molecular flexibility index (Phi) is 10.9. The summed E-state index contributed by atoms with van der Waals surface area (Å²) in [6.07, 6.45) is 0. The van der Waals surface area contributed by atoms with Gasteiger partial charge >= 0.3 is 0 Å². The van der Waals surface area contributed by atoms with Crippen LogP contribution in [0.5, 0.6) is 0 Å². The van der Waals surface area contributed by atoms with Gasteiger partial charge in [0, 0.05) is 24.3 Å². The van der Waals surface area contributed by atoms with Gasteiger partial charge in [0.2, 0.25) is 0 Å². The summed E-state index contributed by atoms with van der Waals surface area (Å²) in [5.74, 6) is 0. The zero-order valence-electron chi connectivity index (χ0n) is 15.5. The summed E-state index contributed by atoms with van der Waals surface area (Å²) >= 11 is 0. The average Bonchev–Trinajstić information content (AvgIpc) is 2.60. The summed E-state index contributed by atoms with van der Waals surface area (Å²) in [5.41, 5.74) is 5.26. The number of hydrogen-bond acceptors (Lipinski definition) is 1. The number of anilines is 1. The largest absolute Gasteiger partial charge is 0.372 e. The zero-order chi connectivity index (χ0) is 17.0. The molecule has 22 heavy (non-hydrogen) atoms. The molecule has 0 bridgehead atoms. The monoisotopic (exact) mass is 299 g/mol. The minimum Gasteiger partial charge on any atom is -0.372 e. The molecule has 0 fully saturated rings. The van der Waals surface area contributed by atoms with Gasteiger partial charge in [0.1, 0.15) is 0 Å². The summed E-state index contributed by atoms with van der Waals surface area (Å²) in [4.78, 5) is 2.40. The van der Waals surface area contributed by atoms with E-state index in [1.807, 2.05) is 27.7 Å². The Morgan fingerprint density at radius 1 is 0.773 bits per heavy atom. The third-order valence-electron chi connectivity index (χ3n) is 3.34. The van der Waals surface area contributed by atoms with Crippen LogP contribution in [0.3, 0.4) is 0 Å². The molecule has 0 saturated heterocycles. The van der Waals surface area contributed by atoms with Crippen molar-refractivity contribution in [1.29, 1.82) is 0 Å². The number of benzene rings is 2. The topological polar surface area (TPSA) is 3.24 Å². The minimum absolute atomic E-state index is 1.04. The number of nitrogens with zero attached hydrogens (tertiary/aromatic N) is 1. The Labute approximate surface area is 138 Å². The van der Waals surface area contributed by atoms with Crippen LogP contribution in [0, 0.1) is 6.92 Å². The summed E-state index contributed by atoms with van der Waals surface area (Å²) in [6, 6.07) is 17.4. The molecule has 0 aliphatic rings. The van der Waals surface area contributed by atoms with E-state index in [1.54, 1.807) is 0 Å². The summed E-state index contributed by atoms with van der Waals surface area (Å²) < 4.78 is 0. The lowest BCUT2D eigenvalue weighted by Gasteiger charge is -2.24. The van der Waals surface area contributed by atoms with Gasteiger partial charge in [0.05, 0.1) is 0 Å². The third-order valence-corrected chi connectivity index (χ3v) is 3.34. The maximum Gasteiger partial charge on any atom is 0.0445 e. The Morgan fingerprint density at radius 3 is 1.91 bits per heavy atom. The van der Waals surface area contributed by atoms with Crippen molar-refractivity contribution >= 4 is 5.69 Å². The molecule has 0 amide bonds. The van der Waals surface area contributed by atoms with Crippen molar-refractivity contribution in [2.75, 3.05) is 18.0 Å². The van der Waals surface area contributed by atoms with Crippen LogP contribution in [-0.2, 0) is 0 Å². The molecule has 0 saturated carbocycles. The van der Waals surface area contributed by atoms with Crippen LogP contribution in [0.15, 0.2) is 48.5 Å². The van der Waals surface area contributed by atoms with Crippen LogP contribution >= 0.6 is 0 Å². The SMILES string of the molecule is CC.CC.CCN(CC)c1ccccc1-c1cccc(C)c1. The van der Waals surface area contributed by atoms with Gasteiger partial charge in [0.25, 0.3) is 0 Å². The number of para-hydroxylation sites is 1. The van der Waals surface area contributed by atoms with E-state index in [2.05, 4.69) is 74.2 Å². The van der Waals surface area contributed by atoms with Crippen molar-refractivity contribution in [1.82, 2.24) is 0 Å². The first-order valence-corrected chi connectivity index (χ1v) is 8.67. The number of aryl methyl sites for hydroxylation is 1. The van der Waals surface area contributed by atoms with Gasteiger partial charge in [0.15, 0.2) is 0 Å². The first kappa shape index (κ1) is 20.2. The molecule has 0 aliphatic heterocycles. The molecule has 0 spiro atoms. The maximum absolute atomic E-state index is 2.40. The molecule has 2 rings (SSSR count). The molecule has 0 N–H and O–H groups in total. The van der Waals surface area contributed by atoms with Gasteiger partial charge in [-0.15, -0.1) is 0 Å². The minimum atomic E-state index is 1.04. The molecule has 0 atom stereocenters. The third kappa shape index (κ3) is 5.55. The van der Waals surface area contributed by atoms with E-state index in [-0.39, 0.29) is 0 Å². The standard InChI is InChI=1S/C17H21N.2C2H6/c1-4-18(5-2)17-12-7-6-11-16(17)15-10-8-9-14(3)13-15;2*1-2/h6-13H,4-5H2,1-3H3;2*1-2H3. The highest BCUT2D eigenvalue weighted by atomic mass is 15.1. The Bertz CT molecular complexity index is 513. The smallest absolute Gasteiger partial charge is 0.0445 e. The highest BCUT2D eigenvalue weighted by molar-refractivity contribution is 5.78. The molecule has 0 aliphatic carbocycles. The molecule has 1 nitrogen and oxygen atoms in total. The molecular formula is C21H33N. The lowest BCUT2D eigenvalue weighted by Crippen LogP contribution is -2.22. The molecule has 0 radical (unpaired) electrons. The summed E-state index contributed by atoms with van der Waals surface area (Å²) in [7, 11) is 0. The fourth-order valence-electron chi connectivity index (χ4n) is 2.37. The first-order chi connectivity index (χ1) is 10.8. The fraction of sp³-hybridized carbons (Fsp3) is 0.429. The molecular weight excluding hydrogens is 266 g/mol. The van der Waals surface area contributed by atoms with E-state index < -0.39 is 0 Å². The van der Waals surface area contributed by atoms with Crippen molar-refractivity contribution in [3.63, 3.8) is 0 Å². The highest BCUT2D eigenvalue weighted by Crippen LogP contribution is 2.30. The molecule has 2 aromatic rings. The lowest BCUT2D eigenvalue weighted by molar-refractivity contribution is 0.867. The van der Waals surface area contributed by atoms with Gasteiger partial charge < -0.3 is 4.90 Å². The second-order valence-corrected chi connectivity index (χ2v) is 4.56. The van der Waals surface area contributed by atoms with Crippen molar-refractivity contribution in [2.24, 2.45) is 0 Å². The normalized spacial score (nSPS) is 9.05. The summed E-state index contributed by atoms with van der Waals surface area (Å²) in [6.45, 7) is 16.6. The predicted octanol–water partition coefficient (Wildman–Crippen LogP) is 6.56. The number of rotatable bonds is 4. The quantitative estimate of drug-likeness (QED) is 0.618. The van der Waals surface area contributed by atoms with Crippen LogP contribution in [0.2, 0.25) is 0 Å². The van der Waals surface area contributed by atoms with E-state index in [0.29, 0.717) is 0 Å². The van der Waals surface area contributed by atoms with Crippen molar-refractivity contribution in [3.8, 4) is 11.1 Å².